The van der Waals surface area contributed by atoms with Crippen molar-refractivity contribution in [1.82, 2.24) is 20.2 Å². The molecule has 0 unspecified atom stereocenters. The summed E-state index contributed by atoms with van der Waals surface area (Å²) in [4.78, 5) is 9.11. The van der Waals surface area contributed by atoms with Crippen LogP contribution in [0, 0.1) is 11.8 Å². The van der Waals surface area contributed by atoms with Crippen LogP contribution in [0.4, 0.5) is 0 Å². The van der Waals surface area contributed by atoms with Gasteiger partial charge in [-0.2, -0.15) is 0 Å². The minimum Gasteiger partial charge on any atom is -0.381 e. The fourth-order valence-corrected chi connectivity index (χ4v) is 3.09. The van der Waals surface area contributed by atoms with Crippen LogP contribution in [0.15, 0.2) is 17.4 Å². The molecule has 0 saturated carbocycles. The summed E-state index contributed by atoms with van der Waals surface area (Å²) in [7, 11) is 0. The molecule has 28 heavy (non-hydrogen) atoms. The van der Waals surface area contributed by atoms with Crippen molar-refractivity contribution in [2.45, 2.75) is 53.1 Å². The number of imidazole rings is 1. The zero-order chi connectivity index (χ0) is 19.3. The Morgan fingerprint density at radius 1 is 1.36 bits per heavy atom. The first-order chi connectivity index (χ1) is 13.2. The normalized spacial score (nSPS) is 15.5. The maximum atomic E-state index is 5.82. The van der Waals surface area contributed by atoms with Crippen LogP contribution in [-0.4, -0.2) is 55.0 Å². The smallest absolute Gasteiger partial charge is 0.191 e. The van der Waals surface area contributed by atoms with Crippen LogP contribution < -0.4 is 10.6 Å². The zero-order valence-corrected chi connectivity index (χ0v) is 20.0. The molecule has 1 aromatic rings. The van der Waals surface area contributed by atoms with Crippen LogP contribution in [0.5, 0.6) is 0 Å². The Balaban J connectivity index is 0.00000392. The Morgan fingerprint density at radius 3 is 2.86 bits per heavy atom. The molecule has 0 aliphatic carbocycles. The summed E-state index contributed by atoms with van der Waals surface area (Å²) in [5, 5.41) is 6.68. The molecule has 2 rings (SSSR count). The summed E-state index contributed by atoms with van der Waals surface area (Å²) < 4.78 is 13.4. The van der Waals surface area contributed by atoms with Gasteiger partial charge in [-0.1, -0.05) is 13.8 Å². The molecule has 1 aromatic heterocycles. The molecule has 0 bridgehead atoms. The predicted octanol–water partition coefficient (Wildman–Crippen LogP) is 3.05. The van der Waals surface area contributed by atoms with Gasteiger partial charge in [-0.3, -0.25) is 0 Å². The number of aliphatic imine (C=N–C) groups is 1. The summed E-state index contributed by atoms with van der Waals surface area (Å²) in [6, 6.07) is 0. The van der Waals surface area contributed by atoms with Crippen molar-refractivity contribution < 1.29 is 9.47 Å². The van der Waals surface area contributed by atoms with Gasteiger partial charge in [0.15, 0.2) is 5.96 Å². The van der Waals surface area contributed by atoms with E-state index in [9.17, 15) is 0 Å². The third-order valence-corrected chi connectivity index (χ3v) is 4.54. The Kier molecular flexibility index (Phi) is 13.5. The van der Waals surface area contributed by atoms with Gasteiger partial charge in [0.05, 0.1) is 0 Å². The molecule has 0 aromatic carbocycles. The second kappa shape index (κ2) is 15.0. The van der Waals surface area contributed by atoms with E-state index in [-0.39, 0.29) is 24.0 Å². The molecule has 2 heterocycles. The molecule has 1 fully saturated rings. The lowest BCUT2D eigenvalue weighted by Gasteiger charge is -2.21. The van der Waals surface area contributed by atoms with E-state index in [4.69, 9.17) is 9.47 Å². The van der Waals surface area contributed by atoms with Gasteiger partial charge >= 0.3 is 0 Å². The number of aromatic nitrogens is 2. The second-order valence-electron chi connectivity index (χ2n) is 7.50. The lowest BCUT2D eigenvalue weighted by Crippen LogP contribution is -2.38. The summed E-state index contributed by atoms with van der Waals surface area (Å²) in [6.07, 6.45) is 7.10. The van der Waals surface area contributed by atoms with Gasteiger partial charge in [-0.15, -0.1) is 24.0 Å². The quantitative estimate of drug-likeness (QED) is 0.209. The first-order valence-corrected chi connectivity index (χ1v) is 10.4. The van der Waals surface area contributed by atoms with Crippen molar-refractivity contribution in [3.63, 3.8) is 0 Å². The molecule has 1 aliphatic rings. The van der Waals surface area contributed by atoms with E-state index in [0.717, 1.165) is 77.1 Å². The van der Waals surface area contributed by atoms with Crippen LogP contribution >= 0.6 is 24.0 Å². The number of rotatable bonds is 11. The van der Waals surface area contributed by atoms with Gasteiger partial charge in [-0.05, 0) is 38.0 Å². The van der Waals surface area contributed by atoms with Gasteiger partial charge in [0.2, 0.25) is 0 Å². The molecule has 1 aliphatic heterocycles. The number of nitrogens with one attached hydrogen (secondary N) is 2. The van der Waals surface area contributed by atoms with Crippen molar-refractivity contribution in [2.24, 2.45) is 16.8 Å². The summed E-state index contributed by atoms with van der Waals surface area (Å²) in [5.41, 5.74) is 0. The zero-order valence-electron chi connectivity index (χ0n) is 17.7. The molecule has 1 saturated heterocycles. The lowest BCUT2D eigenvalue weighted by molar-refractivity contribution is 0.0203. The van der Waals surface area contributed by atoms with E-state index in [2.05, 4.69) is 45.9 Å². The Labute approximate surface area is 187 Å². The van der Waals surface area contributed by atoms with Gasteiger partial charge in [-0.25, -0.2) is 9.98 Å². The van der Waals surface area contributed by atoms with E-state index < -0.39 is 0 Å². The first kappa shape index (κ1) is 25.2. The number of halogens is 1. The molecule has 8 heteroatoms. The molecule has 2 N–H and O–H groups in total. The highest BCUT2D eigenvalue weighted by molar-refractivity contribution is 14.0. The Hall–Kier alpha value is -0.870. The fourth-order valence-electron chi connectivity index (χ4n) is 3.09. The first-order valence-electron chi connectivity index (χ1n) is 10.4. The van der Waals surface area contributed by atoms with Crippen molar-refractivity contribution in [3.05, 3.63) is 18.2 Å². The van der Waals surface area contributed by atoms with Crippen molar-refractivity contribution in [1.29, 1.82) is 0 Å². The monoisotopic (exact) mass is 507 g/mol. The van der Waals surface area contributed by atoms with Gasteiger partial charge in [0.25, 0.3) is 0 Å². The summed E-state index contributed by atoms with van der Waals surface area (Å²) in [6.45, 7) is 13.1. The van der Waals surface area contributed by atoms with Crippen LogP contribution in [0.3, 0.4) is 0 Å². The fraction of sp³-hybridized carbons (Fsp3) is 0.800. The molecular formula is C20H38IN5O2. The molecule has 0 atom stereocenters. The topological polar surface area (TPSA) is 72.7 Å². The van der Waals surface area contributed by atoms with Crippen LogP contribution in [0.1, 0.15) is 45.9 Å². The van der Waals surface area contributed by atoms with Crippen LogP contribution in [0.2, 0.25) is 0 Å². The molecule has 162 valence electrons. The van der Waals surface area contributed by atoms with E-state index in [1.165, 1.54) is 0 Å². The van der Waals surface area contributed by atoms with Crippen molar-refractivity contribution >= 4 is 29.9 Å². The standard InChI is InChI=1S/C20H37N5O2.HI/c1-4-21-20(24-14-19-22-9-10-25(19)15-17(2)3)23-8-5-11-27-16-18-6-12-26-13-7-18;/h9-10,17-18H,4-8,11-16H2,1-3H3,(H2,21,23,24);1H. The second-order valence-corrected chi connectivity index (χ2v) is 7.50. The Bertz CT molecular complexity index is 544. The highest BCUT2D eigenvalue weighted by atomic mass is 127. The van der Waals surface area contributed by atoms with Crippen molar-refractivity contribution in [2.75, 3.05) is 39.5 Å². The maximum absolute atomic E-state index is 5.82. The highest BCUT2D eigenvalue weighted by Gasteiger charge is 2.13. The number of guanidine groups is 1. The van der Waals surface area contributed by atoms with E-state index in [1.54, 1.807) is 0 Å². The average Bonchev–Trinajstić information content (AvgIpc) is 3.09. The molecule has 0 spiro atoms. The maximum Gasteiger partial charge on any atom is 0.191 e. The number of hydrogen-bond acceptors (Lipinski definition) is 4. The highest BCUT2D eigenvalue weighted by Crippen LogP contribution is 2.14. The molecule has 0 radical (unpaired) electrons. The van der Waals surface area contributed by atoms with E-state index in [1.807, 2.05) is 12.4 Å². The predicted molar refractivity (Wildman–Crippen MR) is 124 cm³/mol. The molecular weight excluding hydrogens is 469 g/mol. The molecule has 0 amide bonds. The lowest BCUT2D eigenvalue weighted by atomic mass is 10.0. The minimum absolute atomic E-state index is 0. The van der Waals surface area contributed by atoms with Gasteiger partial charge < -0.3 is 24.7 Å². The number of ether oxygens (including phenoxy) is 2. The average molecular weight is 507 g/mol. The van der Waals surface area contributed by atoms with Crippen molar-refractivity contribution in [3.8, 4) is 0 Å². The number of nitrogens with zero attached hydrogens (tertiary/aromatic N) is 3. The van der Waals surface area contributed by atoms with E-state index >= 15 is 0 Å². The van der Waals surface area contributed by atoms with Crippen LogP contribution in [0.25, 0.3) is 0 Å². The third-order valence-electron chi connectivity index (χ3n) is 4.54. The summed E-state index contributed by atoms with van der Waals surface area (Å²) >= 11 is 0. The van der Waals surface area contributed by atoms with E-state index in [0.29, 0.717) is 18.4 Å². The van der Waals surface area contributed by atoms with Gasteiger partial charge in [0.1, 0.15) is 12.4 Å². The number of hydrogen-bond donors (Lipinski definition) is 2. The third kappa shape index (κ3) is 10.1. The largest absolute Gasteiger partial charge is 0.381 e. The summed E-state index contributed by atoms with van der Waals surface area (Å²) in [5.74, 6) is 3.09. The van der Waals surface area contributed by atoms with Gasteiger partial charge in [0, 0.05) is 58.5 Å². The molecule has 7 nitrogen and oxygen atoms in total. The SMILES string of the molecule is CCNC(=NCc1nccn1CC(C)C)NCCCOCC1CCOCC1.I. The Morgan fingerprint density at radius 2 is 2.14 bits per heavy atom. The van der Waals surface area contributed by atoms with Crippen LogP contribution in [-0.2, 0) is 22.6 Å². The minimum atomic E-state index is 0.